The van der Waals surface area contributed by atoms with Gasteiger partial charge in [-0.2, -0.15) is 0 Å². The van der Waals surface area contributed by atoms with Crippen molar-refractivity contribution in [2.75, 3.05) is 12.3 Å². The van der Waals surface area contributed by atoms with Crippen LogP contribution in [0.3, 0.4) is 0 Å². The van der Waals surface area contributed by atoms with E-state index in [9.17, 15) is 9.00 Å². The average molecular weight is 387 g/mol. The van der Waals surface area contributed by atoms with Crippen LogP contribution in [-0.2, 0) is 15.6 Å². The monoisotopic (exact) mass is 386 g/mol. The molecule has 2 unspecified atom stereocenters. The number of nitrogens with two attached hydrogens (primary N) is 1. The topological polar surface area (TPSA) is 72.2 Å². The highest BCUT2D eigenvalue weighted by molar-refractivity contribution is 9.10. The summed E-state index contributed by atoms with van der Waals surface area (Å²) in [6.45, 7) is 2.48. The zero-order chi connectivity index (χ0) is 16.2. The van der Waals surface area contributed by atoms with E-state index in [0.717, 1.165) is 22.2 Å². The van der Waals surface area contributed by atoms with E-state index in [1.807, 2.05) is 31.2 Å². The third-order valence-electron chi connectivity index (χ3n) is 4.14. The average Bonchev–Trinajstić information content (AvgIpc) is 3.32. The molecule has 0 aromatic heterocycles. The third-order valence-corrected chi connectivity index (χ3v) is 6.12. The van der Waals surface area contributed by atoms with E-state index in [1.165, 1.54) is 0 Å². The van der Waals surface area contributed by atoms with E-state index in [4.69, 9.17) is 5.73 Å². The summed E-state index contributed by atoms with van der Waals surface area (Å²) in [5, 5.41) is 3.06. The highest BCUT2D eigenvalue weighted by Gasteiger charge is 2.41. The van der Waals surface area contributed by atoms with Crippen molar-refractivity contribution >= 4 is 32.6 Å². The number of benzene rings is 1. The number of nitrogens with one attached hydrogen (secondary N) is 1. The summed E-state index contributed by atoms with van der Waals surface area (Å²) in [7, 11) is -1.05. The van der Waals surface area contributed by atoms with Crippen LogP contribution in [0.15, 0.2) is 33.6 Å². The Hall–Kier alpha value is -0.720. The lowest BCUT2D eigenvalue weighted by atomic mass is 9.95. The van der Waals surface area contributed by atoms with Crippen molar-refractivity contribution in [3.63, 3.8) is 0 Å². The molecule has 6 heteroatoms. The number of rotatable bonds is 8. The number of carbonyl (C=O) groups excluding carboxylic acids is 1. The highest BCUT2D eigenvalue weighted by Crippen LogP contribution is 2.39. The molecule has 1 aliphatic rings. The number of halogens is 1. The second-order valence-corrected chi connectivity index (χ2v) is 8.54. The van der Waals surface area contributed by atoms with E-state index < -0.39 is 10.8 Å². The first kappa shape index (κ1) is 17.6. The molecule has 22 heavy (non-hydrogen) atoms. The van der Waals surface area contributed by atoms with Gasteiger partial charge >= 0.3 is 0 Å². The van der Waals surface area contributed by atoms with Gasteiger partial charge in [0.15, 0.2) is 0 Å². The summed E-state index contributed by atoms with van der Waals surface area (Å²) in [5.74, 6) is 1.02. The van der Waals surface area contributed by atoms with Crippen LogP contribution in [0.5, 0.6) is 0 Å². The second-order valence-electron chi connectivity index (χ2n) is 6.05. The maximum absolute atomic E-state index is 12.1. The molecule has 0 bridgehead atoms. The maximum Gasteiger partial charge on any atom is 0.220 e. The van der Waals surface area contributed by atoms with E-state index in [1.54, 1.807) is 0 Å². The van der Waals surface area contributed by atoms with Gasteiger partial charge in [-0.05, 0) is 56.4 Å². The molecule has 1 aromatic rings. The summed E-state index contributed by atoms with van der Waals surface area (Å²) < 4.78 is 13.1. The molecule has 2 rings (SSSR count). The van der Waals surface area contributed by atoms with Crippen LogP contribution >= 0.6 is 15.9 Å². The van der Waals surface area contributed by atoms with Gasteiger partial charge in [-0.1, -0.05) is 15.9 Å². The summed E-state index contributed by atoms with van der Waals surface area (Å²) in [5.41, 5.74) is 5.52. The molecule has 0 heterocycles. The van der Waals surface area contributed by atoms with E-state index in [2.05, 4.69) is 21.2 Å². The molecule has 2 atom stereocenters. The van der Waals surface area contributed by atoms with Gasteiger partial charge in [-0.15, -0.1) is 0 Å². The minimum absolute atomic E-state index is 0.00709. The minimum Gasteiger partial charge on any atom is -0.349 e. The molecular formula is C16H23BrN2O2S. The predicted molar refractivity (Wildman–Crippen MR) is 93.0 cm³/mol. The van der Waals surface area contributed by atoms with Gasteiger partial charge in [0.05, 0.1) is 16.3 Å². The molecule has 4 nitrogen and oxygen atoms in total. The Labute approximate surface area is 142 Å². The van der Waals surface area contributed by atoms with Crippen molar-refractivity contribution in [3.8, 4) is 0 Å². The molecule has 1 aromatic carbocycles. The Bertz CT molecular complexity index is 546. The first-order chi connectivity index (χ1) is 10.4. The van der Waals surface area contributed by atoms with Crippen LogP contribution < -0.4 is 11.1 Å². The van der Waals surface area contributed by atoms with Crippen LogP contribution in [0.4, 0.5) is 0 Å². The quantitative estimate of drug-likeness (QED) is 0.720. The van der Waals surface area contributed by atoms with Gasteiger partial charge < -0.3 is 11.1 Å². The van der Waals surface area contributed by atoms with Crippen molar-refractivity contribution in [3.05, 3.63) is 28.7 Å². The molecule has 1 aliphatic carbocycles. The number of hydrogen-bond acceptors (Lipinski definition) is 3. The zero-order valence-electron chi connectivity index (χ0n) is 12.8. The molecule has 0 aliphatic heterocycles. The number of hydrogen-bond donors (Lipinski definition) is 2. The van der Waals surface area contributed by atoms with Gasteiger partial charge in [0.1, 0.15) is 0 Å². The lowest BCUT2D eigenvalue weighted by Gasteiger charge is -2.29. The fraction of sp³-hybridized carbons (Fsp3) is 0.562. The molecule has 0 saturated heterocycles. The largest absolute Gasteiger partial charge is 0.349 e. The fourth-order valence-electron chi connectivity index (χ4n) is 2.49. The van der Waals surface area contributed by atoms with Crippen molar-refractivity contribution in [2.45, 2.75) is 43.0 Å². The fourth-order valence-corrected chi connectivity index (χ4v) is 3.84. The second kappa shape index (κ2) is 7.70. The van der Waals surface area contributed by atoms with E-state index >= 15 is 0 Å². The summed E-state index contributed by atoms with van der Waals surface area (Å²) >= 11 is 3.36. The molecule has 1 amide bonds. The lowest BCUT2D eigenvalue weighted by Crippen LogP contribution is -2.53. The van der Waals surface area contributed by atoms with Gasteiger partial charge in [-0.25, -0.2) is 0 Å². The Morgan fingerprint density at radius 3 is 2.59 bits per heavy atom. The molecule has 0 radical (unpaired) electrons. The van der Waals surface area contributed by atoms with Crippen LogP contribution in [0.2, 0.25) is 0 Å². The molecule has 0 spiro atoms. The van der Waals surface area contributed by atoms with Crippen molar-refractivity contribution in [2.24, 2.45) is 11.7 Å². The maximum atomic E-state index is 12.1. The molecular weight excluding hydrogens is 364 g/mol. The van der Waals surface area contributed by atoms with Gasteiger partial charge in [0.25, 0.3) is 0 Å². The standard InChI is InChI=1S/C16H23BrN2O2S/c1-16(11-18,12-4-5-12)19-15(20)3-2-10-22(21)14-8-6-13(17)7-9-14/h6-9,12H,2-5,10-11,18H2,1H3,(H,19,20). The first-order valence-corrected chi connectivity index (χ1v) is 9.71. The zero-order valence-corrected chi connectivity index (χ0v) is 15.2. The predicted octanol–water partition coefficient (Wildman–Crippen LogP) is 2.58. The third kappa shape index (κ3) is 4.89. The molecule has 1 saturated carbocycles. The lowest BCUT2D eigenvalue weighted by molar-refractivity contribution is -0.123. The van der Waals surface area contributed by atoms with E-state index in [-0.39, 0.29) is 11.4 Å². The highest BCUT2D eigenvalue weighted by atomic mass is 79.9. The summed E-state index contributed by atoms with van der Waals surface area (Å²) in [6.07, 6.45) is 3.29. The molecule has 122 valence electrons. The smallest absolute Gasteiger partial charge is 0.220 e. The molecule has 1 fully saturated rings. The Morgan fingerprint density at radius 1 is 1.41 bits per heavy atom. The summed E-state index contributed by atoms with van der Waals surface area (Å²) in [6, 6.07) is 7.45. The van der Waals surface area contributed by atoms with Gasteiger partial charge in [-0.3, -0.25) is 9.00 Å². The van der Waals surface area contributed by atoms with Crippen LogP contribution in [0.25, 0.3) is 0 Å². The Kier molecular flexibility index (Phi) is 6.17. The SMILES string of the molecule is CC(CN)(NC(=O)CCCS(=O)c1ccc(Br)cc1)C1CC1. The van der Waals surface area contributed by atoms with Crippen molar-refractivity contribution in [1.82, 2.24) is 5.32 Å². The normalized spacial score (nSPS) is 18.5. The molecule has 3 N–H and O–H groups in total. The number of carbonyl (C=O) groups is 1. The van der Waals surface area contributed by atoms with E-state index in [0.29, 0.717) is 31.1 Å². The van der Waals surface area contributed by atoms with Crippen LogP contribution in [0.1, 0.15) is 32.6 Å². The number of amides is 1. The minimum atomic E-state index is -1.05. The Balaban J connectivity index is 1.74. The van der Waals surface area contributed by atoms with Gasteiger partial charge in [0.2, 0.25) is 5.91 Å². The Morgan fingerprint density at radius 2 is 2.05 bits per heavy atom. The van der Waals surface area contributed by atoms with Crippen LogP contribution in [-0.4, -0.2) is 28.0 Å². The van der Waals surface area contributed by atoms with Gasteiger partial charge in [0, 0.05) is 28.1 Å². The van der Waals surface area contributed by atoms with Crippen molar-refractivity contribution in [1.29, 1.82) is 0 Å². The summed E-state index contributed by atoms with van der Waals surface area (Å²) in [4.78, 5) is 12.8. The first-order valence-electron chi connectivity index (χ1n) is 7.59. The van der Waals surface area contributed by atoms with Crippen LogP contribution in [0, 0.1) is 5.92 Å². The van der Waals surface area contributed by atoms with Crippen molar-refractivity contribution < 1.29 is 9.00 Å².